The minimum absolute atomic E-state index is 0.0163. The molecule has 0 bridgehead atoms. The van der Waals surface area contributed by atoms with Crippen molar-refractivity contribution in [3.63, 3.8) is 0 Å². The Morgan fingerprint density at radius 3 is 2.94 bits per heavy atom. The van der Waals surface area contributed by atoms with Gasteiger partial charge in [-0.1, -0.05) is 25.5 Å². The molecule has 3 heteroatoms. The number of aliphatic hydroxyl groups is 1. The number of esters is 1. The zero-order valence-corrected chi connectivity index (χ0v) is 11.3. The number of carbonyl (C=O) groups is 1. The van der Waals surface area contributed by atoms with E-state index in [2.05, 4.69) is 19.9 Å². The number of carbonyl (C=O) groups excluding carboxylic acids is 1. The van der Waals surface area contributed by atoms with Gasteiger partial charge in [-0.2, -0.15) is 0 Å². The van der Waals surface area contributed by atoms with Gasteiger partial charge in [0, 0.05) is 17.3 Å². The first kappa shape index (κ1) is 12.2. The first-order chi connectivity index (χ1) is 8.45. The van der Waals surface area contributed by atoms with Crippen molar-refractivity contribution in [1.29, 1.82) is 0 Å². The molecule has 2 fully saturated rings. The lowest BCUT2D eigenvalue weighted by molar-refractivity contribution is -0.151. The summed E-state index contributed by atoms with van der Waals surface area (Å²) in [6, 6.07) is 0. The highest BCUT2D eigenvalue weighted by Crippen LogP contribution is 2.56. The van der Waals surface area contributed by atoms with Crippen molar-refractivity contribution in [3.05, 3.63) is 11.6 Å². The van der Waals surface area contributed by atoms with E-state index < -0.39 is 0 Å². The van der Waals surface area contributed by atoms with Crippen LogP contribution in [-0.4, -0.2) is 23.3 Å². The lowest BCUT2D eigenvalue weighted by Gasteiger charge is -2.51. The van der Waals surface area contributed by atoms with Gasteiger partial charge in [-0.3, -0.25) is 4.79 Å². The molecular weight excluding hydrogens is 228 g/mol. The number of aliphatic hydroxyl groups excluding tert-OH is 1. The van der Waals surface area contributed by atoms with Gasteiger partial charge in [-0.15, -0.1) is 0 Å². The highest BCUT2D eigenvalue weighted by atomic mass is 16.6. The second-order valence-electron chi connectivity index (χ2n) is 6.58. The lowest BCUT2D eigenvalue weighted by atomic mass is 9.55. The minimum atomic E-state index is -0.304. The second kappa shape index (κ2) is 3.83. The fourth-order valence-corrected chi connectivity index (χ4v) is 4.37. The molecule has 3 nitrogen and oxygen atoms in total. The summed E-state index contributed by atoms with van der Waals surface area (Å²) in [5, 5.41) is 10.3. The van der Waals surface area contributed by atoms with E-state index in [0.717, 1.165) is 19.3 Å². The van der Waals surface area contributed by atoms with Gasteiger partial charge in [0.1, 0.15) is 6.10 Å². The molecule has 0 aromatic carbocycles. The SMILES string of the molecule is CC1=CC[C@@H](O)[C@@]2(C)CC[C@H]3[C@@H](OC(=O)[C@@H]3C)[C@@H]12. The van der Waals surface area contributed by atoms with Crippen LogP contribution in [0.3, 0.4) is 0 Å². The number of ether oxygens (including phenoxy) is 1. The molecule has 0 aromatic heterocycles. The first-order valence-corrected chi connectivity index (χ1v) is 7.00. The molecule has 1 N–H and O–H groups in total. The van der Waals surface area contributed by atoms with Crippen LogP contribution in [-0.2, 0) is 9.53 Å². The van der Waals surface area contributed by atoms with Crippen LogP contribution in [0.4, 0.5) is 0 Å². The van der Waals surface area contributed by atoms with Crippen LogP contribution in [0.2, 0.25) is 0 Å². The third kappa shape index (κ3) is 1.43. The van der Waals surface area contributed by atoms with Gasteiger partial charge < -0.3 is 9.84 Å². The molecule has 6 atom stereocenters. The molecule has 2 aliphatic carbocycles. The topological polar surface area (TPSA) is 46.5 Å². The van der Waals surface area contributed by atoms with Crippen molar-refractivity contribution in [2.75, 3.05) is 0 Å². The predicted molar refractivity (Wildman–Crippen MR) is 67.7 cm³/mol. The van der Waals surface area contributed by atoms with Gasteiger partial charge in [0.2, 0.25) is 0 Å². The summed E-state index contributed by atoms with van der Waals surface area (Å²) in [6.07, 6.45) is 4.52. The molecule has 0 amide bonds. The molecule has 1 saturated carbocycles. The van der Waals surface area contributed by atoms with E-state index in [-0.39, 0.29) is 35.4 Å². The molecule has 3 rings (SSSR count). The Morgan fingerprint density at radius 2 is 2.22 bits per heavy atom. The summed E-state index contributed by atoms with van der Waals surface area (Å²) in [5.41, 5.74) is 1.17. The minimum Gasteiger partial charge on any atom is -0.461 e. The summed E-state index contributed by atoms with van der Waals surface area (Å²) in [7, 11) is 0. The lowest BCUT2D eigenvalue weighted by Crippen LogP contribution is -2.52. The molecule has 1 aliphatic heterocycles. The summed E-state index contributed by atoms with van der Waals surface area (Å²) in [5.74, 6) is 0.506. The van der Waals surface area contributed by atoms with Gasteiger partial charge in [0.15, 0.2) is 0 Å². The third-order valence-corrected chi connectivity index (χ3v) is 5.66. The van der Waals surface area contributed by atoms with Crippen molar-refractivity contribution in [2.45, 2.75) is 52.2 Å². The average molecular weight is 250 g/mol. The summed E-state index contributed by atoms with van der Waals surface area (Å²) < 4.78 is 5.64. The van der Waals surface area contributed by atoms with E-state index in [4.69, 9.17) is 4.74 Å². The fraction of sp³-hybridized carbons (Fsp3) is 0.800. The van der Waals surface area contributed by atoms with Crippen molar-refractivity contribution < 1.29 is 14.6 Å². The first-order valence-electron chi connectivity index (χ1n) is 7.00. The predicted octanol–water partition coefficient (Wildman–Crippen LogP) is 2.29. The number of rotatable bonds is 0. The monoisotopic (exact) mass is 250 g/mol. The normalized spacial score (nSPS) is 51.2. The molecule has 0 radical (unpaired) electrons. The van der Waals surface area contributed by atoms with E-state index >= 15 is 0 Å². The Bertz CT molecular complexity index is 414. The third-order valence-electron chi connectivity index (χ3n) is 5.66. The van der Waals surface area contributed by atoms with Crippen LogP contribution in [0.15, 0.2) is 11.6 Å². The van der Waals surface area contributed by atoms with Crippen molar-refractivity contribution in [2.24, 2.45) is 23.2 Å². The smallest absolute Gasteiger partial charge is 0.309 e. The van der Waals surface area contributed by atoms with E-state index in [1.54, 1.807) is 0 Å². The molecule has 1 saturated heterocycles. The largest absolute Gasteiger partial charge is 0.461 e. The van der Waals surface area contributed by atoms with Crippen molar-refractivity contribution >= 4 is 5.97 Å². The highest BCUT2D eigenvalue weighted by molar-refractivity contribution is 5.75. The Labute approximate surface area is 108 Å². The molecule has 3 aliphatic rings. The Kier molecular flexibility index (Phi) is 2.60. The van der Waals surface area contributed by atoms with E-state index in [9.17, 15) is 9.90 Å². The highest BCUT2D eigenvalue weighted by Gasteiger charge is 2.58. The summed E-state index contributed by atoms with van der Waals surface area (Å²) >= 11 is 0. The van der Waals surface area contributed by atoms with Crippen LogP contribution in [0.5, 0.6) is 0 Å². The van der Waals surface area contributed by atoms with Crippen LogP contribution in [0, 0.1) is 23.2 Å². The zero-order valence-electron chi connectivity index (χ0n) is 11.3. The number of hydrogen-bond acceptors (Lipinski definition) is 3. The molecule has 100 valence electrons. The fourth-order valence-electron chi connectivity index (χ4n) is 4.37. The Morgan fingerprint density at radius 1 is 1.50 bits per heavy atom. The zero-order chi connectivity index (χ0) is 13.1. The second-order valence-corrected chi connectivity index (χ2v) is 6.58. The quantitative estimate of drug-likeness (QED) is 0.530. The molecule has 18 heavy (non-hydrogen) atoms. The van der Waals surface area contributed by atoms with Crippen LogP contribution >= 0.6 is 0 Å². The Hall–Kier alpha value is -0.830. The van der Waals surface area contributed by atoms with Crippen LogP contribution in [0.25, 0.3) is 0 Å². The van der Waals surface area contributed by atoms with E-state index in [1.807, 2.05) is 6.92 Å². The summed E-state index contributed by atoms with van der Waals surface area (Å²) in [4.78, 5) is 11.8. The molecule has 1 heterocycles. The molecule has 0 aromatic rings. The average Bonchev–Trinajstić information content (AvgIpc) is 2.60. The van der Waals surface area contributed by atoms with Gasteiger partial charge in [-0.05, 0) is 26.2 Å². The van der Waals surface area contributed by atoms with E-state index in [1.165, 1.54) is 5.57 Å². The van der Waals surface area contributed by atoms with Crippen molar-refractivity contribution in [3.8, 4) is 0 Å². The molecule has 0 unspecified atom stereocenters. The maximum absolute atomic E-state index is 11.8. The summed E-state index contributed by atoms with van der Waals surface area (Å²) in [6.45, 7) is 6.26. The maximum Gasteiger partial charge on any atom is 0.309 e. The van der Waals surface area contributed by atoms with Gasteiger partial charge in [-0.25, -0.2) is 0 Å². The van der Waals surface area contributed by atoms with Gasteiger partial charge >= 0.3 is 5.97 Å². The van der Waals surface area contributed by atoms with Crippen LogP contribution in [0.1, 0.15) is 40.0 Å². The van der Waals surface area contributed by atoms with Gasteiger partial charge in [0.05, 0.1) is 12.0 Å². The maximum atomic E-state index is 11.8. The number of hydrogen-bond donors (Lipinski definition) is 1. The Balaban J connectivity index is 2.00. The van der Waals surface area contributed by atoms with E-state index in [0.29, 0.717) is 5.92 Å². The van der Waals surface area contributed by atoms with Crippen molar-refractivity contribution in [1.82, 2.24) is 0 Å². The molecule has 0 spiro atoms. The molecular formula is C15H22O3. The standard InChI is InChI=1S/C15H22O3/c1-8-4-5-11(16)15(3)7-6-10-9(2)14(17)18-13(10)12(8)15/h4,9-13,16H,5-7H2,1-3H3/t9-,10-,11-,12-,13-,15-/m1/s1. The van der Waals surface area contributed by atoms with Crippen LogP contribution < -0.4 is 0 Å². The number of fused-ring (bicyclic) bond motifs is 3. The van der Waals surface area contributed by atoms with Gasteiger partial charge in [0.25, 0.3) is 0 Å².